The van der Waals surface area contributed by atoms with E-state index in [2.05, 4.69) is 27.2 Å². The second-order valence-corrected chi connectivity index (χ2v) is 12.6. The van der Waals surface area contributed by atoms with E-state index in [1.165, 1.54) is 0 Å². The zero-order chi connectivity index (χ0) is 11.9. The van der Waals surface area contributed by atoms with Gasteiger partial charge in [-0.05, 0) is 12.3 Å². The van der Waals surface area contributed by atoms with Gasteiger partial charge in [-0.2, -0.15) is 0 Å². The molecular formula is C10H17Br2OPRu. The molecule has 5 heteroatoms. The molecule has 1 N–H and O–H groups in total. The van der Waals surface area contributed by atoms with Crippen molar-refractivity contribution < 1.29 is 18.1 Å². The topological polar surface area (TPSA) is 20.2 Å². The Hall–Kier alpha value is 1.19. The van der Waals surface area contributed by atoms with Gasteiger partial charge in [-0.25, -0.2) is 0 Å². The van der Waals surface area contributed by atoms with E-state index in [1.807, 2.05) is 50.2 Å². The minimum Gasteiger partial charge on any atom is -0.0623 e. The molecule has 0 fully saturated rings. The van der Waals surface area contributed by atoms with Crippen LogP contribution in [0.25, 0.3) is 0 Å². The Bertz CT molecular complexity index is 159. The maximum absolute atomic E-state index is 8.73. The first-order chi connectivity index (χ1) is 7.22. The fourth-order valence-electron chi connectivity index (χ4n) is 0.609. The van der Waals surface area contributed by atoms with Crippen LogP contribution >= 0.6 is 35.4 Å². The van der Waals surface area contributed by atoms with Gasteiger partial charge in [-0.1, -0.05) is 50.2 Å². The van der Waals surface area contributed by atoms with Crippen molar-refractivity contribution in [1.29, 1.82) is 0 Å². The zero-order valence-corrected chi connectivity index (χ0v) is 14.7. The van der Waals surface area contributed by atoms with Gasteiger partial charge in [0, 0.05) is 8.15 Å². The van der Waals surface area contributed by atoms with Crippen LogP contribution in [-0.2, 0) is 13.2 Å². The van der Waals surface area contributed by atoms with Gasteiger partial charge in [-0.15, -0.1) is 0 Å². The SMILES string of the molecule is CCP(O)CC.[Br][Ru][Br].c1ccccc1. The number of rotatable bonds is 2. The summed E-state index contributed by atoms with van der Waals surface area (Å²) in [5, 5.41) is 0. The third-order valence-corrected chi connectivity index (χ3v) is 2.86. The summed E-state index contributed by atoms with van der Waals surface area (Å²) in [6.45, 7) is 4.02. The summed E-state index contributed by atoms with van der Waals surface area (Å²) < 4.78 is 0. The van der Waals surface area contributed by atoms with E-state index in [1.54, 1.807) is 0 Å². The fraction of sp³-hybridized carbons (Fsp3) is 0.400. The van der Waals surface area contributed by atoms with Gasteiger partial charge < -0.3 is 4.89 Å². The van der Waals surface area contributed by atoms with E-state index in [4.69, 9.17) is 4.89 Å². The quantitative estimate of drug-likeness (QED) is 0.513. The van der Waals surface area contributed by atoms with E-state index in [0.29, 0.717) is 13.2 Å². The molecule has 0 atom stereocenters. The summed E-state index contributed by atoms with van der Waals surface area (Å²) in [6, 6.07) is 12.0. The molecule has 0 aliphatic rings. The smallest absolute Gasteiger partial charge is 0.0623 e. The molecule has 1 rings (SSSR count). The molecule has 0 saturated carbocycles. The van der Waals surface area contributed by atoms with Crippen LogP contribution in [0.3, 0.4) is 0 Å². The average molecular weight is 445 g/mol. The Morgan fingerprint density at radius 1 is 0.933 bits per heavy atom. The largest absolute Gasteiger partial charge is 0.0623 e. The average Bonchev–Trinajstić information content (AvgIpc) is 2.32. The predicted octanol–water partition coefficient (Wildman–Crippen LogP) is 4.79. The maximum Gasteiger partial charge on any atom is -0.0623 e. The van der Waals surface area contributed by atoms with Crippen molar-refractivity contribution in [3.05, 3.63) is 36.4 Å². The van der Waals surface area contributed by atoms with Crippen LogP contribution in [0.2, 0.25) is 0 Å². The van der Waals surface area contributed by atoms with Gasteiger partial charge in [-0.3, -0.25) is 0 Å². The first-order valence-electron chi connectivity index (χ1n) is 4.51. The Kier molecular flexibility index (Phi) is 21.8. The van der Waals surface area contributed by atoms with Gasteiger partial charge in [0.2, 0.25) is 0 Å². The molecule has 0 amide bonds. The van der Waals surface area contributed by atoms with Crippen LogP contribution in [0, 0.1) is 0 Å². The van der Waals surface area contributed by atoms with E-state index in [9.17, 15) is 0 Å². The van der Waals surface area contributed by atoms with Gasteiger partial charge >= 0.3 is 40.5 Å². The van der Waals surface area contributed by atoms with Gasteiger partial charge in [0.1, 0.15) is 0 Å². The molecule has 90 valence electrons. The van der Waals surface area contributed by atoms with Crippen molar-refractivity contribution >= 4 is 35.4 Å². The maximum atomic E-state index is 8.73. The van der Waals surface area contributed by atoms with E-state index in [0.717, 1.165) is 12.3 Å². The normalized spacial score (nSPS) is 8.67. The molecule has 0 unspecified atom stereocenters. The third kappa shape index (κ3) is 21.1. The number of hydrogen-bond acceptors (Lipinski definition) is 1. The minimum absolute atomic E-state index is 0.335. The molecule has 0 aliphatic carbocycles. The van der Waals surface area contributed by atoms with Crippen LogP contribution in [-0.4, -0.2) is 17.2 Å². The molecule has 1 nitrogen and oxygen atoms in total. The second-order valence-electron chi connectivity index (χ2n) is 2.34. The van der Waals surface area contributed by atoms with E-state index >= 15 is 0 Å². The first-order valence-corrected chi connectivity index (χ1v) is 14.1. The summed E-state index contributed by atoms with van der Waals surface area (Å²) in [5.41, 5.74) is 0. The van der Waals surface area contributed by atoms with Crippen LogP contribution in [0.15, 0.2) is 36.4 Å². The second kappa shape index (κ2) is 17.6. The van der Waals surface area contributed by atoms with Crippen molar-refractivity contribution in [1.82, 2.24) is 0 Å². The molecule has 0 saturated heterocycles. The third-order valence-electron chi connectivity index (χ3n) is 1.40. The van der Waals surface area contributed by atoms with Crippen molar-refractivity contribution in [3.8, 4) is 0 Å². The van der Waals surface area contributed by atoms with E-state index in [-0.39, 0.29) is 0 Å². The summed E-state index contributed by atoms with van der Waals surface area (Å²) in [4.78, 5) is 8.73. The van der Waals surface area contributed by atoms with Crippen molar-refractivity contribution in [2.45, 2.75) is 13.8 Å². The molecule has 0 heterocycles. The molecule has 0 spiro atoms. The Morgan fingerprint density at radius 2 is 1.13 bits per heavy atom. The molecule has 0 radical (unpaired) electrons. The number of benzene rings is 1. The van der Waals surface area contributed by atoms with Gasteiger partial charge in [0.15, 0.2) is 0 Å². The molecule has 0 aliphatic heterocycles. The number of hydrogen-bond donors (Lipinski definition) is 1. The summed E-state index contributed by atoms with van der Waals surface area (Å²) >= 11 is 6.64. The van der Waals surface area contributed by atoms with Crippen molar-refractivity contribution in [3.63, 3.8) is 0 Å². The van der Waals surface area contributed by atoms with Gasteiger partial charge in [0.25, 0.3) is 0 Å². The van der Waals surface area contributed by atoms with Crippen LogP contribution in [0.4, 0.5) is 0 Å². The van der Waals surface area contributed by atoms with Crippen LogP contribution < -0.4 is 0 Å². The molecule has 0 aromatic heterocycles. The van der Waals surface area contributed by atoms with Crippen molar-refractivity contribution in [2.24, 2.45) is 0 Å². The Labute approximate surface area is 115 Å². The van der Waals surface area contributed by atoms with E-state index < -0.39 is 8.15 Å². The summed E-state index contributed by atoms with van der Waals surface area (Å²) in [6.07, 6.45) is 1.90. The fourth-order valence-corrected chi connectivity index (χ4v) is 1.06. The summed E-state index contributed by atoms with van der Waals surface area (Å²) in [7, 11) is -0.576. The molecular weight excluding hydrogens is 428 g/mol. The first kappa shape index (κ1) is 18.6. The molecule has 15 heavy (non-hydrogen) atoms. The van der Waals surface area contributed by atoms with Crippen LogP contribution in [0.5, 0.6) is 0 Å². The number of halogens is 2. The van der Waals surface area contributed by atoms with Gasteiger partial charge in [0.05, 0.1) is 0 Å². The molecule has 1 aromatic carbocycles. The Balaban J connectivity index is 0. The summed E-state index contributed by atoms with van der Waals surface area (Å²) in [5.74, 6) is 0. The molecule has 0 bridgehead atoms. The monoisotopic (exact) mass is 444 g/mol. The minimum atomic E-state index is -0.576. The van der Waals surface area contributed by atoms with Crippen molar-refractivity contribution in [2.75, 3.05) is 12.3 Å². The zero-order valence-electron chi connectivity index (χ0n) is 8.88. The van der Waals surface area contributed by atoms with Crippen LogP contribution in [0.1, 0.15) is 13.8 Å². The predicted molar refractivity (Wildman–Crippen MR) is 74.5 cm³/mol. The standard InChI is InChI=1S/C6H6.C4H11OP.2BrH.Ru/c1-2-4-6-5-3-1;1-3-6(5)4-2;;;/h1-6H;5H,3-4H2,1-2H3;2*1H;/q;;;;+2/p-2. The Morgan fingerprint density at radius 3 is 1.20 bits per heavy atom. The molecule has 1 aromatic rings.